The number of rotatable bonds is 2. The minimum absolute atomic E-state index is 0.183. The van der Waals surface area contributed by atoms with Crippen molar-refractivity contribution in [1.29, 1.82) is 0 Å². The number of aromatic amines is 1. The van der Waals surface area contributed by atoms with E-state index in [1.54, 1.807) is 0 Å². The molecular weight excluding hydrogens is 198 g/mol. The Balaban J connectivity index is 2.06. The molecule has 1 aliphatic carbocycles. The fourth-order valence-electron chi connectivity index (χ4n) is 1.94. The van der Waals surface area contributed by atoms with E-state index in [4.69, 9.17) is 5.73 Å². The molecule has 1 aromatic heterocycles. The van der Waals surface area contributed by atoms with E-state index in [1.165, 1.54) is 0 Å². The molecule has 0 spiro atoms. The van der Waals surface area contributed by atoms with Gasteiger partial charge in [-0.15, -0.1) is 0 Å². The molecule has 3 heteroatoms. The van der Waals surface area contributed by atoms with E-state index in [0.717, 1.165) is 35.6 Å². The van der Waals surface area contributed by atoms with Crippen molar-refractivity contribution >= 4 is 0 Å². The predicted octanol–water partition coefficient (Wildman–Crippen LogP) is 2.33. The van der Waals surface area contributed by atoms with Crippen LogP contribution in [0.2, 0.25) is 0 Å². The van der Waals surface area contributed by atoms with Gasteiger partial charge >= 0.3 is 0 Å². The van der Waals surface area contributed by atoms with Crippen molar-refractivity contribution in [1.82, 2.24) is 9.97 Å². The number of benzene rings is 1. The minimum atomic E-state index is -0.183. The molecule has 0 aliphatic heterocycles. The first-order valence-corrected chi connectivity index (χ1v) is 5.60. The number of H-pyrrole nitrogens is 1. The summed E-state index contributed by atoms with van der Waals surface area (Å²) >= 11 is 0. The summed E-state index contributed by atoms with van der Waals surface area (Å²) in [6.07, 6.45) is 2.07. The van der Waals surface area contributed by atoms with Crippen LogP contribution in [-0.2, 0) is 5.54 Å². The SMILES string of the molecule is Cc1[nH]c(C2(N)CC2)nc1-c1ccccc1. The van der Waals surface area contributed by atoms with E-state index in [1.807, 2.05) is 25.1 Å². The van der Waals surface area contributed by atoms with Crippen LogP contribution in [0.15, 0.2) is 30.3 Å². The lowest BCUT2D eigenvalue weighted by Crippen LogP contribution is -2.20. The van der Waals surface area contributed by atoms with Gasteiger partial charge < -0.3 is 10.7 Å². The van der Waals surface area contributed by atoms with E-state index in [0.29, 0.717) is 0 Å². The van der Waals surface area contributed by atoms with Crippen LogP contribution >= 0.6 is 0 Å². The van der Waals surface area contributed by atoms with E-state index in [9.17, 15) is 0 Å². The number of hydrogen-bond acceptors (Lipinski definition) is 2. The normalized spacial score (nSPS) is 17.4. The number of nitrogens with zero attached hydrogens (tertiary/aromatic N) is 1. The Bertz CT molecular complexity index is 509. The molecular formula is C13H15N3. The van der Waals surface area contributed by atoms with Crippen LogP contribution in [0, 0.1) is 6.92 Å². The van der Waals surface area contributed by atoms with Crippen LogP contribution < -0.4 is 5.73 Å². The zero-order valence-electron chi connectivity index (χ0n) is 9.33. The molecule has 3 rings (SSSR count). The molecule has 2 aromatic rings. The van der Waals surface area contributed by atoms with Crippen LogP contribution in [0.1, 0.15) is 24.4 Å². The quantitative estimate of drug-likeness (QED) is 0.804. The van der Waals surface area contributed by atoms with Crippen molar-refractivity contribution in [2.24, 2.45) is 5.73 Å². The highest BCUT2D eigenvalue weighted by Crippen LogP contribution is 2.42. The third kappa shape index (κ3) is 1.44. The van der Waals surface area contributed by atoms with Gasteiger partial charge in [0.15, 0.2) is 0 Å². The number of aryl methyl sites for hydroxylation is 1. The summed E-state index contributed by atoms with van der Waals surface area (Å²) in [6.45, 7) is 2.05. The molecule has 0 unspecified atom stereocenters. The van der Waals surface area contributed by atoms with Crippen molar-refractivity contribution in [3.8, 4) is 11.3 Å². The largest absolute Gasteiger partial charge is 0.344 e. The Morgan fingerprint density at radius 3 is 2.56 bits per heavy atom. The molecule has 0 amide bonds. The highest BCUT2D eigenvalue weighted by Gasteiger charge is 2.43. The van der Waals surface area contributed by atoms with Gasteiger partial charge in [0.1, 0.15) is 5.82 Å². The van der Waals surface area contributed by atoms with Crippen molar-refractivity contribution in [2.75, 3.05) is 0 Å². The first-order valence-electron chi connectivity index (χ1n) is 5.60. The van der Waals surface area contributed by atoms with Gasteiger partial charge in [-0.1, -0.05) is 30.3 Å². The lowest BCUT2D eigenvalue weighted by molar-refractivity contribution is 0.684. The third-order valence-corrected chi connectivity index (χ3v) is 3.19. The maximum absolute atomic E-state index is 6.13. The molecule has 0 radical (unpaired) electrons. The third-order valence-electron chi connectivity index (χ3n) is 3.19. The zero-order valence-corrected chi connectivity index (χ0v) is 9.33. The van der Waals surface area contributed by atoms with Crippen molar-refractivity contribution < 1.29 is 0 Å². The van der Waals surface area contributed by atoms with Crippen LogP contribution in [0.4, 0.5) is 0 Å². The molecule has 82 valence electrons. The molecule has 0 bridgehead atoms. The van der Waals surface area contributed by atoms with Gasteiger partial charge in [-0.25, -0.2) is 4.98 Å². The molecule has 1 saturated carbocycles. The number of aromatic nitrogens is 2. The molecule has 1 aliphatic rings. The molecule has 1 fully saturated rings. The summed E-state index contributed by atoms with van der Waals surface area (Å²) in [6, 6.07) is 10.2. The zero-order chi connectivity index (χ0) is 11.2. The molecule has 0 saturated heterocycles. The second-order valence-corrected chi connectivity index (χ2v) is 4.58. The smallest absolute Gasteiger partial charge is 0.127 e. The average molecular weight is 213 g/mol. The Kier molecular flexibility index (Phi) is 1.91. The fraction of sp³-hybridized carbons (Fsp3) is 0.308. The topological polar surface area (TPSA) is 54.7 Å². The monoisotopic (exact) mass is 213 g/mol. The first kappa shape index (κ1) is 9.60. The minimum Gasteiger partial charge on any atom is -0.344 e. The van der Waals surface area contributed by atoms with Crippen molar-refractivity contribution in [3.05, 3.63) is 41.9 Å². The highest BCUT2D eigenvalue weighted by molar-refractivity contribution is 5.62. The van der Waals surface area contributed by atoms with Gasteiger partial charge in [0, 0.05) is 11.3 Å². The van der Waals surface area contributed by atoms with Crippen LogP contribution in [0.3, 0.4) is 0 Å². The lowest BCUT2D eigenvalue weighted by Gasteiger charge is -2.02. The number of nitrogens with one attached hydrogen (secondary N) is 1. The summed E-state index contributed by atoms with van der Waals surface area (Å²) in [4.78, 5) is 7.94. The summed E-state index contributed by atoms with van der Waals surface area (Å²) in [7, 11) is 0. The summed E-state index contributed by atoms with van der Waals surface area (Å²) < 4.78 is 0. The Morgan fingerprint density at radius 2 is 1.94 bits per heavy atom. The van der Waals surface area contributed by atoms with E-state index >= 15 is 0 Å². The van der Waals surface area contributed by atoms with Gasteiger partial charge in [-0.2, -0.15) is 0 Å². The van der Waals surface area contributed by atoms with Gasteiger partial charge in [0.05, 0.1) is 11.2 Å². The van der Waals surface area contributed by atoms with E-state index < -0.39 is 0 Å². The molecule has 3 nitrogen and oxygen atoms in total. The standard InChI is InChI=1S/C13H15N3/c1-9-11(10-5-3-2-4-6-10)16-12(15-9)13(14)7-8-13/h2-6H,7-8,14H2,1H3,(H,15,16). The highest BCUT2D eigenvalue weighted by atomic mass is 15.0. The van der Waals surface area contributed by atoms with Crippen LogP contribution in [-0.4, -0.2) is 9.97 Å². The maximum Gasteiger partial charge on any atom is 0.127 e. The van der Waals surface area contributed by atoms with Crippen molar-refractivity contribution in [3.63, 3.8) is 0 Å². The van der Waals surface area contributed by atoms with Gasteiger partial charge in [-0.3, -0.25) is 0 Å². The molecule has 1 aromatic carbocycles. The summed E-state index contributed by atoms with van der Waals surface area (Å²) in [5.74, 6) is 0.934. The summed E-state index contributed by atoms with van der Waals surface area (Å²) in [5.41, 5.74) is 9.21. The van der Waals surface area contributed by atoms with Gasteiger partial charge in [0.25, 0.3) is 0 Å². The summed E-state index contributed by atoms with van der Waals surface area (Å²) in [5, 5.41) is 0. The Hall–Kier alpha value is -1.61. The van der Waals surface area contributed by atoms with Crippen molar-refractivity contribution in [2.45, 2.75) is 25.3 Å². The number of imidazole rings is 1. The Labute approximate surface area is 94.7 Å². The maximum atomic E-state index is 6.13. The second-order valence-electron chi connectivity index (χ2n) is 4.58. The lowest BCUT2D eigenvalue weighted by atomic mass is 10.1. The fourth-order valence-corrected chi connectivity index (χ4v) is 1.94. The van der Waals surface area contributed by atoms with E-state index in [-0.39, 0.29) is 5.54 Å². The van der Waals surface area contributed by atoms with Crippen LogP contribution in [0.25, 0.3) is 11.3 Å². The van der Waals surface area contributed by atoms with Crippen LogP contribution in [0.5, 0.6) is 0 Å². The van der Waals surface area contributed by atoms with Gasteiger partial charge in [0.2, 0.25) is 0 Å². The first-order chi connectivity index (χ1) is 7.69. The number of nitrogens with two attached hydrogens (primary N) is 1. The molecule has 3 N–H and O–H groups in total. The number of hydrogen-bond donors (Lipinski definition) is 2. The second kappa shape index (κ2) is 3.19. The average Bonchev–Trinajstić information content (AvgIpc) is 2.92. The van der Waals surface area contributed by atoms with E-state index in [2.05, 4.69) is 22.1 Å². The Morgan fingerprint density at radius 1 is 1.25 bits per heavy atom. The predicted molar refractivity (Wildman–Crippen MR) is 63.9 cm³/mol. The molecule has 1 heterocycles. The molecule has 16 heavy (non-hydrogen) atoms. The molecule has 0 atom stereocenters. The van der Waals surface area contributed by atoms with Gasteiger partial charge in [-0.05, 0) is 19.8 Å².